The normalized spacial score (nSPS) is 11.8. The molecule has 0 aliphatic carbocycles. The first-order valence-corrected chi connectivity index (χ1v) is 18.4. The molecular weight excluding hydrogens is 451 g/mol. The van der Waals surface area contributed by atoms with E-state index in [9.17, 15) is 0 Å². The van der Waals surface area contributed by atoms with Crippen molar-refractivity contribution in [1.29, 1.82) is 0 Å². The van der Waals surface area contributed by atoms with Gasteiger partial charge in [-0.2, -0.15) is 0 Å². The topological polar surface area (TPSA) is 26.0 Å². The zero-order chi connectivity index (χ0) is 22.3. The van der Waals surface area contributed by atoms with Gasteiger partial charge in [0.25, 0.3) is 0 Å². The number of benzene rings is 3. The van der Waals surface area contributed by atoms with E-state index in [4.69, 9.17) is 9.40 Å². The van der Waals surface area contributed by atoms with Crippen LogP contribution in [0.25, 0.3) is 44.7 Å². The average molecular weight is 478 g/mol. The van der Waals surface area contributed by atoms with Gasteiger partial charge in [0.2, 0.25) is 0 Å². The van der Waals surface area contributed by atoms with Gasteiger partial charge in [-0.1, -0.05) is 6.07 Å². The summed E-state index contributed by atoms with van der Waals surface area (Å²) in [6.45, 7) is 2.16. The van der Waals surface area contributed by atoms with E-state index >= 15 is 0 Å². The van der Waals surface area contributed by atoms with Crippen LogP contribution in [0, 0.1) is 6.92 Å². The molecule has 0 amide bonds. The molecule has 5 aromatic rings. The van der Waals surface area contributed by atoms with Crippen LogP contribution in [0.4, 0.5) is 0 Å². The Bertz CT molecular complexity index is 1380. The molecule has 3 heteroatoms. The third kappa shape index (κ3) is 3.80. The molecule has 32 heavy (non-hydrogen) atoms. The average Bonchev–Trinajstić information content (AvgIpc) is 3.15. The van der Waals surface area contributed by atoms with Crippen LogP contribution in [0.1, 0.15) is 5.56 Å². The summed E-state index contributed by atoms with van der Waals surface area (Å²) in [5.74, 6) is 8.12. The van der Waals surface area contributed by atoms with Crippen molar-refractivity contribution in [3.63, 3.8) is 0 Å². The van der Waals surface area contributed by atoms with Crippen molar-refractivity contribution in [2.45, 2.75) is 24.2 Å². The molecule has 0 atom stereocenters. The minimum atomic E-state index is -1.90. The molecule has 0 aliphatic heterocycles. The molecule has 0 N–H and O–H groups in total. The number of hydrogen-bond acceptors (Lipinski definition) is 2. The van der Waals surface area contributed by atoms with E-state index in [2.05, 4.69) is 109 Å². The standard InChI is InChI=1S/C29H27GeNO/c1-20-28-25(21-11-7-5-8-12-21)17-23(26-16-15-24(19-31-26)30(2,3)4)18-27(28)32-29(20)22-13-9-6-10-14-22/h5-19H,1-4H3. The Morgan fingerprint density at radius 3 is 1.97 bits per heavy atom. The molecular formula is C29H27GeNO. The molecule has 3 aromatic carbocycles. The van der Waals surface area contributed by atoms with E-state index in [1.165, 1.54) is 26.5 Å². The predicted octanol–water partition coefficient (Wildman–Crippen LogP) is 7.68. The number of pyridine rings is 1. The summed E-state index contributed by atoms with van der Waals surface area (Å²) >= 11 is -1.90. The maximum atomic E-state index is 6.47. The van der Waals surface area contributed by atoms with E-state index in [1.807, 2.05) is 6.07 Å². The Morgan fingerprint density at radius 2 is 1.38 bits per heavy atom. The van der Waals surface area contributed by atoms with Gasteiger partial charge in [-0.15, -0.1) is 0 Å². The fraction of sp³-hybridized carbons (Fsp3) is 0.138. The molecule has 0 saturated carbocycles. The Hall–Kier alpha value is -3.11. The Kier molecular flexibility index (Phi) is 5.26. The summed E-state index contributed by atoms with van der Waals surface area (Å²) in [7, 11) is 0. The van der Waals surface area contributed by atoms with E-state index < -0.39 is 13.3 Å². The molecule has 0 fully saturated rings. The number of aryl methyl sites for hydroxylation is 1. The van der Waals surface area contributed by atoms with Gasteiger partial charge in [0, 0.05) is 0 Å². The second-order valence-corrected chi connectivity index (χ2v) is 20.0. The molecule has 2 aromatic heterocycles. The van der Waals surface area contributed by atoms with Gasteiger partial charge >= 0.3 is 187 Å². The van der Waals surface area contributed by atoms with Crippen LogP contribution in [0.3, 0.4) is 0 Å². The quantitative estimate of drug-likeness (QED) is 0.248. The molecule has 0 aliphatic rings. The van der Waals surface area contributed by atoms with Crippen LogP contribution in [-0.4, -0.2) is 18.3 Å². The zero-order valence-electron chi connectivity index (χ0n) is 19.0. The summed E-state index contributed by atoms with van der Waals surface area (Å²) < 4.78 is 7.88. The van der Waals surface area contributed by atoms with Gasteiger partial charge in [0.15, 0.2) is 0 Å². The second-order valence-electron chi connectivity index (χ2n) is 9.37. The molecule has 0 bridgehead atoms. The molecule has 0 spiro atoms. The maximum absolute atomic E-state index is 6.47. The number of hydrogen-bond donors (Lipinski definition) is 0. The Morgan fingerprint density at radius 1 is 0.719 bits per heavy atom. The van der Waals surface area contributed by atoms with Gasteiger partial charge in [-0.05, 0) is 0 Å². The van der Waals surface area contributed by atoms with Crippen molar-refractivity contribution >= 4 is 28.6 Å². The van der Waals surface area contributed by atoms with E-state index in [1.54, 1.807) is 0 Å². The van der Waals surface area contributed by atoms with Gasteiger partial charge < -0.3 is 0 Å². The first-order chi connectivity index (χ1) is 15.4. The van der Waals surface area contributed by atoms with Crippen molar-refractivity contribution in [3.05, 3.63) is 96.7 Å². The van der Waals surface area contributed by atoms with Gasteiger partial charge in [0.1, 0.15) is 0 Å². The van der Waals surface area contributed by atoms with Gasteiger partial charge in [0.05, 0.1) is 0 Å². The van der Waals surface area contributed by atoms with E-state index in [0.29, 0.717) is 0 Å². The van der Waals surface area contributed by atoms with Crippen molar-refractivity contribution in [2.24, 2.45) is 0 Å². The fourth-order valence-corrected chi connectivity index (χ4v) is 6.42. The summed E-state index contributed by atoms with van der Waals surface area (Å²) in [6, 6.07) is 29.7. The molecule has 2 heterocycles. The number of fused-ring (bicyclic) bond motifs is 1. The Labute approximate surface area is 192 Å². The van der Waals surface area contributed by atoms with Crippen LogP contribution in [0.15, 0.2) is 95.5 Å². The van der Waals surface area contributed by atoms with Crippen LogP contribution in [0.5, 0.6) is 0 Å². The van der Waals surface area contributed by atoms with Crippen molar-refractivity contribution < 1.29 is 4.42 Å². The number of rotatable bonds is 4. The van der Waals surface area contributed by atoms with Gasteiger partial charge in [-0.25, -0.2) is 0 Å². The number of nitrogens with zero attached hydrogens (tertiary/aromatic N) is 1. The molecule has 5 rings (SSSR count). The molecule has 0 radical (unpaired) electrons. The summed E-state index contributed by atoms with van der Waals surface area (Å²) in [5.41, 5.74) is 7.59. The predicted molar refractivity (Wildman–Crippen MR) is 138 cm³/mol. The van der Waals surface area contributed by atoms with Crippen LogP contribution >= 0.6 is 0 Å². The third-order valence-corrected chi connectivity index (χ3v) is 10.3. The first kappa shape index (κ1) is 20.8. The minimum absolute atomic E-state index is 0.900. The van der Waals surface area contributed by atoms with Gasteiger partial charge in [-0.3, -0.25) is 0 Å². The third-order valence-electron chi connectivity index (χ3n) is 6.08. The molecule has 2 nitrogen and oxygen atoms in total. The number of aromatic nitrogens is 1. The summed E-state index contributed by atoms with van der Waals surface area (Å²) in [5, 5.41) is 1.17. The first-order valence-electron chi connectivity index (χ1n) is 11.1. The van der Waals surface area contributed by atoms with Crippen molar-refractivity contribution in [2.75, 3.05) is 0 Å². The molecule has 0 unspecified atom stereocenters. The van der Waals surface area contributed by atoms with Crippen molar-refractivity contribution in [1.82, 2.24) is 4.98 Å². The fourth-order valence-electron chi connectivity index (χ4n) is 4.25. The molecule has 158 valence electrons. The van der Waals surface area contributed by atoms with E-state index in [0.717, 1.165) is 28.2 Å². The Balaban J connectivity index is 1.74. The SMILES string of the molecule is Cc1c(-c2ccccc2)oc2cc(-c3cc[c]([Ge]([CH3])([CH3])[CH3])cn3)cc(-c3ccccc3)c12. The summed E-state index contributed by atoms with van der Waals surface area (Å²) in [6.07, 6.45) is 2.07. The van der Waals surface area contributed by atoms with E-state index in [-0.39, 0.29) is 0 Å². The van der Waals surface area contributed by atoms with Crippen LogP contribution < -0.4 is 4.40 Å². The van der Waals surface area contributed by atoms with Crippen molar-refractivity contribution in [3.8, 4) is 33.7 Å². The van der Waals surface area contributed by atoms with Crippen LogP contribution in [-0.2, 0) is 0 Å². The zero-order valence-corrected chi connectivity index (χ0v) is 21.1. The monoisotopic (exact) mass is 479 g/mol. The second kappa shape index (κ2) is 8.10. The van der Waals surface area contributed by atoms with Crippen LogP contribution in [0.2, 0.25) is 17.3 Å². The number of furan rings is 1. The summed E-state index contributed by atoms with van der Waals surface area (Å²) in [4.78, 5) is 4.85. The molecule has 0 saturated heterocycles.